The van der Waals surface area contributed by atoms with Crippen molar-refractivity contribution >= 4 is 12.1 Å². The molecule has 0 radical (unpaired) electrons. The fourth-order valence-electron chi connectivity index (χ4n) is 2.34. The quantitative estimate of drug-likeness (QED) is 0.515. The average molecular weight is 202 g/mol. The minimum Gasteiger partial charge on any atom is -0.303 e. The van der Waals surface area contributed by atoms with Crippen LogP contribution < -0.4 is 0 Å². The molecule has 2 heteroatoms. The maximum Gasteiger partial charge on any atom is 0.153 e. The van der Waals surface area contributed by atoms with Crippen LogP contribution in [0.4, 0.5) is 0 Å². The molecule has 0 spiro atoms. The fourth-order valence-corrected chi connectivity index (χ4v) is 2.34. The molecule has 2 rings (SSSR count). The van der Waals surface area contributed by atoms with Crippen LogP contribution in [-0.4, -0.2) is 12.1 Å². The number of hydrogen-bond acceptors (Lipinski definition) is 2. The first kappa shape index (κ1) is 10.1. The average Bonchev–Trinajstić information content (AvgIpc) is 2.24. The molecule has 1 aromatic carbocycles. The van der Waals surface area contributed by atoms with E-state index in [9.17, 15) is 9.59 Å². The Bertz CT molecular complexity index is 418. The van der Waals surface area contributed by atoms with Crippen molar-refractivity contribution < 1.29 is 9.59 Å². The number of carbonyl (C=O) groups is 2. The van der Waals surface area contributed by atoms with Gasteiger partial charge in [0, 0.05) is 5.41 Å². The summed E-state index contributed by atoms with van der Waals surface area (Å²) in [6.07, 6.45) is 1.34. The lowest BCUT2D eigenvalue weighted by Crippen LogP contribution is -2.41. The van der Waals surface area contributed by atoms with Crippen LogP contribution in [0.15, 0.2) is 24.3 Å². The van der Waals surface area contributed by atoms with E-state index in [1.165, 1.54) is 0 Å². The molecule has 0 aromatic heterocycles. The highest BCUT2D eigenvalue weighted by atomic mass is 16.1. The molecule has 2 nitrogen and oxygen atoms in total. The van der Waals surface area contributed by atoms with Gasteiger partial charge in [-0.3, -0.25) is 4.79 Å². The molecule has 0 fully saturated rings. The molecule has 0 aliphatic heterocycles. The molecule has 15 heavy (non-hydrogen) atoms. The topological polar surface area (TPSA) is 34.1 Å². The third-order valence-electron chi connectivity index (χ3n) is 3.25. The van der Waals surface area contributed by atoms with Crippen LogP contribution in [0.1, 0.15) is 25.0 Å². The molecule has 78 valence electrons. The summed E-state index contributed by atoms with van der Waals surface area (Å²) in [5.41, 5.74) is 1.66. The zero-order chi connectivity index (χ0) is 11.1. The maximum absolute atomic E-state index is 12.0. The lowest BCUT2D eigenvalue weighted by molar-refractivity contribution is -0.131. The number of fused-ring (bicyclic) bond motifs is 1. The summed E-state index contributed by atoms with van der Waals surface area (Å²) in [7, 11) is 0. The summed E-state index contributed by atoms with van der Waals surface area (Å²) in [4.78, 5) is 22.9. The molecule has 0 saturated carbocycles. The van der Waals surface area contributed by atoms with Gasteiger partial charge in [-0.25, -0.2) is 0 Å². The van der Waals surface area contributed by atoms with Gasteiger partial charge in [0.2, 0.25) is 0 Å². The number of aldehydes is 1. The minimum absolute atomic E-state index is 0.0381. The zero-order valence-corrected chi connectivity index (χ0v) is 8.99. The normalized spacial score (nSPS) is 23.3. The monoisotopic (exact) mass is 202 g/mol. The molecule has 0 amide bonds. The molecule has 0 unspecified atom stereocenters. The second kappa shape index (κ2) is 3.30. The summed E-state index contributed by atoms with van der Waals surface area (Å²) in [6, 6.07) is 7.87. The van der Waals surface area contributed by atoms with Crippen LogP contribution in [0.2, 0.25) is 0 Å². The van der Waals surface area contributed by atoms with Gasteiger partial charge in [0.05, 0.1) is 5.92 Å². The van der Waals surface area contributed by atoms with E-state index in [0.29, 0.717) is 6.42 Å². The summed E-state index contributed by atoms with van der Waals surface area (Å²) in [5, 5.41) is 0. The summed E-state index contributed by atoms with van der Waals surface area (Å²) in [5.74, 6) is -0.425. The summed E-state index contributed by atoms with van der Waals surface area (Å²) < 4.78 is 0. The molecular weight excluding hydrogens is 188 g/mol. The number of Topliss-reactive ketones (excluding diaryl/α,β-unsaturated/α-hetero) is 1. The van der Waals surface area contributed by atoms with Gasteiger partial charge in [-0.15, -0.1) is 0 Å². The smallest absolute Gasteiger partial charge is 0.153 e. The maximum atomic E-state index is 12.0. The van der Waals surface area contributed by atoms with Crippen LogP contribution in [0.25, 0.3) is 0 Å². The van der Waals surface area contributed by atoms with Gasteiger partial charge < -0.3 is 4.79 Å². The molecule has 0 N–H and O–H groups in total. The van der Waals surface area contributed by atoms with Crippen molar-refractivity contribution in [2.24, 2.45) is 5.92 Å². The summed E-state index contributed by atoms with van der Waals surface area (Å²) >= 11 is 0. The SMILES string of the molecule is CC1(C)C(=O)[C@H](C=O)Cc2ccccc21. The van der Waals surface area contributed by atoms with Crippen molar-refractivity contribution in [3.8, 4) is 0 Å². The molecule has 1 aromatic rings. The Hall–Kier alpha value is -1.44. The third kappa shape index (κ3) is 1.41. The van der Waals surface area contributed by atoms with Crippen molar-refractivity contribution in [1.82, 2.24) is 0 Å². The van der Waals surface area contributed by atoms with E-state index in [0.717, 1.165) is 17.4 Å². The van der Waals surface area contributed by atoms with Crippen molar-refractivity contribution in [1.29, 1.82) is 0 Å². The number of ketones is 1. The van der Waals surface area contributed by atoms with E-state index >= 15 is 0 Å². The Kier molecular flexibility index (Phi) is 2.22. The largest absolute Gasteiger partial charge is 0.303 e. The first-order valence-corrected chi connectivity index (χ1v) is 5.15. The highest BCUT2D eigenvalue weighted by molar-refractivity contribution is 6.01. The molecule has 0 heterocycles. The van der Waals surface area contributed by atoms with Gasteiger partial charge in [0.25, 0.3) is 0 Å². The van der Waals surface area contributed by atoms with Gasteiger partial charge >= 0.3 is 0 Å². The van der Waals surface area contributed by atoms with Crippen LogP contribution >= 0.6 is 0 Å². The van der Waals surface area contributed by atoms with Crippen LogP contribution in [-0.2, 0) is 21.4 Å². The number of benzene rings is 1. The van der Waals surface area contributed by atoms with Gasteiger partial charge in [-0.2, -0.15) is 0 Å². The first-order valence-electron chi connectivity index (χ1n) is 5.15. The van der Waals surface area contributed by atoms with Crippen LogP contribution in [0.5, 0.6) is 0 Å². The zero-order valence-electron chi connectivity index (χ0n) is 8.99. The van der Waals surface area contributed by atoms with E-state index in [1.54, 1.807) is 0 Å². The lowest BCUT2D eigenvalue weighted by Gasteiger charge is -2.33. The van der Waals surface area contributed by atoms with Crippen molar-refractivity contribution in [3.05, 3.63) is 35.4 Å². The summed E-state index contributed by atoms with van der Waals surface area (Å²) in [6.45, 7) is 3.79. The molecule has 1 aliphatic rings. The Morgan fingerprint density at radius 1 is 1.33 bits per heavy atom. The Morgan fingerprint density at radius 2 is 2.00 bits per heavy atom. The van der Waals surface area contributed by atoms with Crippen LogP contribution in [0.3, 0.4) is 0 Å². The van der Waals surface area contributed by atoms with Crippen molar-refractivity contribution in [2.75, 3.05) is 0 Å². The predicted octanol–water partition coefficient (Wildman–Crippen LogP) is 1.90. The van der Waals surface area contributed by atoms with Crippen molar-refractivity contribution in [2.45, 2.75) is 25.7 Å². The van der Waals surface area contributed by atoms with Gasteiger partial charge in [-0.1, -0.05) is 24.3 Å². The highest BCUT2D eigenvalue weighted by Gasteiger charge is 2.40. The number of carbonyl (C=O) groups excluding carboxylic acids is 2. The number of hydrogen-bond donors (Lipinski definition) is 0. The second-order valence-electron chi connectivity index (χ2n) is 4.59. The third-order valence-corrected chi connectivity index (χ3v) is 3.25. The first-order chi connectivity index (χ1) is 7.07. The van der Waals surface area contributed by atoms with E-state index in [2.05, 4.69) is 0 Å². The standard InChI is InChI=1S/C13H14O2/c1-13(2)11-6-4-3-5-9(11)7-10(8-14)12(13)15/h3-6,8,10H,7H2,1-2H3/t10-/m0/s1. The van der Waals surface area contributed by atoms with E-state index in [4.69, 9.17) is 0 Å². The van der Waals surface area contributed by atoms with Gasteiger partial charge in [0.1, 0.15) is 6.29 Å². The molecule has 1 atom stereocenters. The molecule has 0 bridgehead atoms. The Labute approximate surface area is 89.3 Å². The fraction of sp³-hybridized carbons (Fsp3) is 0.385. The van der Waals surface area contributed by atoms with Crippen LogP contribution in [0, 0.1) is 5.92 Å². The van der Waals surface area contributed by atoms with Crippen molar-refractivity contribution in [3.63, 3.8) is 0 Å². The Morgan fingerprint density at radius 3 is 2.67 bits per heavy atom. The van der Waals surface area contributed by atoms with Gasteiger partial charge in [0.15, 0.2) is 5.78 Å². The highest BCUT2D eigenvalue weighted by Crippen LogP contribution is 2.35. The molecule has 0 saturated heterocycles. The minimum atomic E-state index is -0.527. The van der Waals surface area contributed by atoms with E-state index < -0.39 is 11.3 Å². The van der Waals surface area contributed by atoms with E-state index in [-0.39, 0.29) is 5.78 Å². The Balaban J connectivity index is 2.58. The molecular formula is C13H14O2. The number of rotatable bonds is 1. The van der Waals surface area contributed by atoms with E-state index in [1.807, 2.05) is 38.1 Å². The lowest BCUT2D eigenvalue weighted by atomic mass is 9.68. The van der Waals surface area contributed by atoms with Gasteiger partial charge in [-0.05, 0) is 31.4 Å². The molecule has 1 aliphatic carbocycles. The second-order valence-corrected chi connectivity index (χ2v) is 4.59. The predicted molar refractivity (Wildman–Crippen MR) is 57.7 cm³/mol.